The Kier molecular flexibility index (Phi) is 4.74. The quantitative estimate of drug-likeness (QED) is 0.821. The van der Waals surface area contributed by atoms with Gasteiger partial charge in [0.1, 0.15) is 6.04 Å². The summed E-state index contributed by atoms with van der Waals surface area (Å²) >= 11 is 0. The number of hydrogen-bond donors (Lipinski definition) is 1. The lowest BCUT2D eigenvalue weighted by atomic mass is 10.2. The van der Waals surface area contributed by atoms with Crippen LogP contribution in [-0.4, -0.2) is 35.9 Å². The molecule has 1 aromatic carbocycles. The minimum Gasteiger partial charge on any atom is -0.385 e. The molecule has 5 nitrogen and oxygen atoms in total. The molecule has 1 atom stereocenters. The first-order chi connectivity index (χ1) is 9.65. The molecule has 0 saturated heterocycles. The van der Waals surface area contributed by atoms with Gasteiger partial charge in [-0.1, -0.05) is 18.2 Å². The fourth-order valence-corrected chi connectivity index (χ4v) is 2.23. The fourth-order valence-electron chi connectivity index (χ4n) is 2.23. The first-order valence-corrected chi connectivity index (χ1v) is 6.85. The third-order valence-electron chi connectivity index (χ3n) is 3.37. The standard InChI is InChI=1S/C15H21N3O2/c1-11-13-7-4-5-8-14(13)18(17-11)12(2)15(19)16-9-6-10-20-3/h4-5,7-8,12H,6,9-10H2,1-3H3,(H,16,19). The van der Waals surface area contributed by atoms with Crippen LogP contribution in [0.3, 0.4) is 0 Å². The Balaban J connectivity index is 2.11. The Labute approximate surface area is 118 Å². The van der Waals surface area contributed by atoms with E-state index in [0.29, 0.717) is 13.2 Å². The number of nitrogens with one attached hydrogen (secondary N) is 1. The van der Waals surface area contributed by atoms with Crippen LogP contribution >= 0.6 is 0 Å². The van der Waals surface area contributed by atoms with Crippen molar-refractivity contribution in [3.63, 3.8) is 0 Å². The summed E-state index contributed by atoms with van der Waals surface area (Å²) in [6.07, 6.45) is 0.813. The molecule has 20 heavy (non-hydrogen) atoms. The molecule has 108 valence electrons. The van der Waals surface area contributed by atoms with E-state index in [0.717, 1.165) is 23.0 Å². The number of methoxy groups -OCH3 is 1. The lowest BCUT2D eigenvalue weighted by Gasteiger charge is -2.13. The summed E-state index contributed by atoms with van der Waals surface area (Å²) in [5.74, 6) is -0.0191. The summed E-state index contributed by atoms with van der Waals surface area (Å²) in [4.78, 5) is 12.1. The van der Waals surface area contributed by atoms with Crippen LogP contribution in [0.4, 0.5) is 0 Å². The van der Waals surface area contributed by atoms with E-state index in [1.165, 1.54) is 0 Å². The van der Waals surface area contributed by atoms with Crippen LogP contribution in [0.15, 0.2) is 24.3 Å². The number of carbonyl (C=O) groups excluding carboxylic acids is 1. The maximum atomic E-state index is 12.1. The van der Waals surface area contributed by atoms with Crippen LogP contribution in [0.2, 0.25) is 0 Å². The lowest BCUT2D eigenvalue weighted by Crippen LogP contribution is -2.32. The molecule has 0 aliphatic rings. The molecular formula is C15H21N3O2. The van der Waals surface area contributed by atoms with E-state index in [1.807, 2.05) is 38.1 Å². The molecule has 0 aliphatic carbocycles. The van der Waals surface area contributed by atoms with Gasteiger partial charge in [0.2, 0.25) is 5.91 Å². The van der Waals surface area contributed by atoms with Gasteiger partial charge in [0.05, 0.1) is 11.2 Å². The Hall–Kier alpha value is -1.88. The number of hydrogen-bond acceptors (Lipinski definition) is 3. The van der Waals surface area contributed by atoms with E-state index < -0.39 is 0 Å². The van der Waals surface area contributed by atoms with E-state index in [1.54, 1.807) is 11.8 Å². The maximum absolute atomic E-state index is 12.1. The van der Waals surface area contributed by atoms with Gasteiger partial charge in [-0.3, -0.25) is 9.48 Å². The number of ether oxygens (including phenoxy) is 1. The number of rotatable bonds is 6. The Morgan fingerprint density at radius 2 is 2.20 bits per heavy atom. The second-order valence-corrected chi connectivity index (χ2v) is 4.86. The summed E-state index contributed by atoms with van der Waals surface area (Å²) in [6.45, 7) is 5.10. The zero-order valence-electron chi connectivity index (χ0n) is 12.2. The van der Waals surface area contributed by atoms with Gasteiger partial charge in [0, 0.05) is 25.6 Å². The van der Waals surface area contributed by atoms with E-state index in [4.69, 9.17) is 4.74 Å². The molecule has 0 saturated carbocycles. The minimum atomic E-state index is -0.323. The molecule has 1 N–H and O–H groups in total. The largest absolute Gasteiger partial charge is 0.385 e. The Morgan fingerprint density at radius 3 is 2.95 bits per heavy atom. The minimum absolute atomic E-state index is 0.0191. The van der Waals surface area contributed by atoms with Crippen molar-refractivity contribution < 1.29 is 9.53 Å². The predicted molar refractivity (Wildman–Crippen MR) is 78.7 cm³/mol. The number of aryl methyl sites for hydroxylation is 1. The van der Waals surface area contributed by atoms with Crippen molar-refractivity contribution in [1.29, 1.82) is 0 Å². The first kappa shape index (κ1) is 14.5. The van der Waals surface area contributed by atoms with Crippen LogP contribution in [0.5, 0.6) is 0 Å². The SMILES string of the molecule is COCCCNC(=O)C(C)n1nc(C)c2ccccc21. The second kappa shape index (κ2) is 6.52. The van der Waals surface area contributed by atoms with Gasteiger partial charge in [-0.05, 0) is 26.3 Å². The fraction of sp³-hybridized carbons (Fsp3) is 0.467. The first-order valence-electron chi connectivity index (χ1n) is 6.85. The highest BCUT2D eigenvalue weighted by atomic mass is 16.5. The summed E-state index contributed by atoms with van der Waals surface area (Å²) in [5, 5.41) is 8.49. The average molecular weight is 275 g/mol. The van der Waals surface area contributed by atoms with Crippen molar-refractivity contribution in [2.75, 3.05) is 20.3 Å². The molecular weight excluding hydrogens is 254 g/mol. The van der Waals surface area contributed by atoms with E-state index in [-0.39, 0.29) is 11.9 Å². The highest BCUT2D eigenvalue weighted by Gasteiger charge is 2.18. The molecule has 2 aromatic rings. The van der Waals surface area contributed by atoms with Gasteiger partial charge >= 0.3 is 0 Å². The smallest absolute Gasteiger partial charge is 0.244 e. The number of fused-ring (bicyclic) bond motifs is 1. The van der Waals surface area contributed by atoms with Crippen LogP contribution in [0, 0.1) is 6.92 Å². The lowest BCUT2D eigenvalue weighted by molar-refractivity contribution is -0.124. The van der Waals surface area contributed by atoms with Gasteiger partial charge in [-0.25, -0.2) is 0 Å². The molecule has 2 rings (SSSR count). The molecule has 1 unspecified atom stereocenters. The summed E-state index contributed by atoms with van der Waals surface area (Å²) in [6, 6.07) is 7.64. The van der Waals surface area contributed by atoms with Crippen LogP contribution < -0.4 is 5.32 Å². The molecule has 0 bridgehead atoms. The Morgan fingerprint density at radius 1 is 1.45 bits per heavy atom. The number of benzene rings is 1. The van der Waals surface area contributed by atoms with Gasteiger partial charge in [0.25, 0.3) is 0 Å². The topological polar surface area (TPSA) is 56.1 Å². The molecule has 0 fully saturated rings. The van der Waals surface area contributed by atoms with Crippen LogP contribution in [0.1, 0.15) is 25.1 Å². The zero-order valence-corrected chi connectivity index (χ0v) is 12.2. The normalized spacial score (nSPS) is 12.6. The average Bonchev–Trinajstić information content (AvgIpc) is 2.80. The third-order valence-corrected chi connectivity index (χ3v) is 3.37. The van der Waals surface area contributed by atoms with Crippen LogP contribution in [-0.2, 0) is 9.53 Å². The highest BCUT2D eigenvalue weighted by molar-refractivity contribution is 5.86. The number of nitrogens with zero attached hydrogens (tertiary/aromatic N) is 2. The predicted octanol–water partition coefficient (Wildman–Crippen LogP) is 2.06. The third kappa shape index (κ3) is 2.99. The van der Waals surface area contributed by atoms with Crippen molar-refractivity contribution in [3.8, 4) is 0 Å². The maximum Gasteiger partial charge on any atom is 0.244 e. The molecule has 1 heterocycles. The highest BCUT2D eigenvalue weighted by Crippen LogP contribution is 2.21. The second-order valence-electron chi connectivity index (χ2n) is 4.86. The monoisotopic (exact) mass is 275 g/mol. The number of carbonyl (C=O) groups is 1. The van der Waals surface area contributed by atoms with Crippen LogP contribution in [0.25, 0.3) is 10.9 Å². The molecule has 0 spiro atoms. The number of amides is 1. The van der Waals surface area contributed by atoms with Gasteiger partial charge < -0.3 is 10.1 Å². The van der Waals surface area contributed by atoms with Crippen molar-refractivity contribution >= 4 is 16.8 Å². The van der Waals surface area contributed by atoms with Gasteiger partial charge in [-0.15, -0.1) is 0 Å². The van der Waals surface area contributed by atoms with Gasteiger partial charge in [-0.2, -0.15) is 5.10 Å². The Bertz CT molecular complexity index is 592. The summed E-state index contributed by atoms with van der Waals surface area (Å²) in [5.41, 5.74) is 1.93. The van der Waals surface area contributed by atoms with Crippen molar-refractivity contribution in [1.82, 2.24) is 15.1 Å². The molecule has 1 amide bonds. The van der Waals surface area contributed by atoms with E-state index >= 15 is 0 Å². The molecule has 0 aliphatic heterocycles. The molecule has 1 aromatic heterocycles. The molecule has 5 heteroatoms. The number of para-hydroxylation sites is 1. The van der Waals surface area contributed by atoms with Gasteiger partial charge in [0.15, 0.2) is 0 Å². The number of aromatic nitrogens is 2. The zero-order chi connectivity index (χ0) is 14.5. The summed E-state index contributed by atoms with van der Waals surface area (Å²) in [7, 11) is 1.66. The van der Waals surface area contributed by atoms with Crippen molar-refractivity contribution in [2.45, 2.75) is 26.3 Å². The van der Waals surface area contributed by atoms with E-state index in [9.17, 15) is 4.79 Å². The van der Waals surface area contributed by atoms with Crippen molar-refractivity contribution in [2.24, 2.45) is 0 Å². The van der Waals surface area contributed by atoms with Crippen molar-refractivity contribution in [3.05, 3.63) is 30.0 Å². The van der Waals surface area contributed by atoms with E-state index in [2.05, 4.69) is 10.4 Å². The summed E-state index contributed by atoms with van der Waals surface area (Å²) < 4.78 is 6.75. The molecule has 0 radical (unpaired) electrons.